The van der Waals surface area contributed by atoms with Crippen LogP contribution in [0.3, 0.4) is 0 Å². The van der Waals surface area contributed by atoms with Crippen LogP contribution in [0.15, 0.2) is 5.18 Å². The predicted molar refractivity (Wildman–Crippen MR) is 192 cm³/mol. The standard InChI is InChI=1S/C38H75N5O2/c1-12-17-31(37(8,22-14-18-28(3)4)35(44)40-25-16-27-42(10)26-15-24-39)33-19-20-34(38(9,13-2)43(33)11)36(7)23-21-32(41-45)29(5)30(36)6/h28-34H,12-27,39H2,1-11H3,(H,40,44)/t29-,30?,31?,32+,33?,34?,36?,37?,38-/m0/s1. The lowest BCUT2D eigenvalue weighted by Crippen LogP contribution is -2.66. The number of nitrogens with zero attached hydrogens (tertiary/aromatic N) is 3. The molecule has 7 heteroatoms. The van der Waals surface area contributed by atoms with Gasteiger partial charge in [0.05, 0.1) is 11.5 Å². The lowest BCUT2D eigenvalue weighted by atomic mass is 9.50. The first-order valence-electron chi connectivity index (χ1n) is 18.9. The van der Waals surface area contributed by atoms with Gasteiger partial charge in [-0.3, -0.25) is 9.69 Å². The molecule has 0 spiro atoms. The number of carbonyl (C=O) groups excluding carboxylic acids is 1. The second-order valence-electron chi connectivity index (χ2n) is 16.5. The van der Waals surface area contributed by atoms with Crippen LogP contribution in [0.4, 0.5) is 0 Å². The van der Waals surface area contributed by atoms with Crippen molar-refractivity contribution in [2.75, 3.05) is 40.3 Å². The fourth-order valence-corrected chi connectivity index (χ4v) is 9.81. The number of nitrogens with two attached hydrogens (primary N) is 1. The average molecular weight is 634 g/mol. The van der Waals surface area contributed by atoms with E-state index in [2.05, 4.69) is 96.7 Å². The third-order valence-corrected chi connectivity index (χ3v) is 13.5. The number of rotatable bonds is 19. The van der Waals surface area contributed by atoms with Crippen molar-refractivity contribution >= 4 is 5.91 Å². The van der Waals surface area contributed by atoms with Crippen molar-refractivity contribution in [1.29, 1.82) is 0 Å². The molecule has 7 nitrogen and oxygen atoms in total. The summed E-state index contributed by atoms with van der Waals surface area (Å²) in [4.78, 5) is 31.1. The first-order chi connectivity index (χ1) is 21.2. The fraction of sp³-hybridized carbons (Fsp3) is 0.974. The number of hydrogen-bond donors (Lipinski definition) is 2. The van der Waals surface area contributed by atoms with Gasteiger partial charge in [-0.1, -0.05) is 79.8 Å². The van der Waals surface area contributed by atoms with E-state index in [4.69, 9.17) is 5.73 Å². The summed E-state index contributed by atoms with van der Waals surface area (Å²) in [6.07, 6.45) is 12.7. The van der Waals surface area contributed by atoms with E-state index in [9.17, 15) is 9.70 Å². The number of nitroso groups, excluding NO2 is 1. The van der Waals surface area contributed by atoms with E-state index in [-0.39, 0.29) is 22.9 Å². The van der Waals surface area contributed by atoms with Crippen LogP contribution in [0.25, 0.3) is 0 Å². The summed E-state index contributed by atoms with van der Waals surface area (Å²) in [5.74, 6) is 2.51. The molecule has 2 fully saturated rings. The fourth-order valence-electron chi connectivity index (χ4n) is 9.81. The molecule has 1 heterocycles. The molecule has 2 rings (SSSR count). The van der Waals surface area contributed by atoms with E-state index in [0.717, 1.165) is 96.8 Å². The Kier molecular flexibility index (Phi) is 16.0. The molecular weight excluding hydrogens is 558 g/mol. The molecule has 9 atom stereocenters. The topological polar surface area (TPSA) is 91.0 Å². The molecule has 45 heavy (non-hydrogen) atoms. The number of piperidine rings is 1. The molecule has 0 bridgehead atoms. The van der Waals surface area contributed by atoms with Crippen LogP contribution >= 0.6 is 0 Å². The SMILES string of the molecule is CCCC(C1CCC(C2(C)CC[C@@H](N=O)[C@@H](C)C2C)[C@](C)(CC)N1C)C(C)(CCCC(C)C)C(=O)NCCCN(C)CCCN. The Morgan fingerprint density at radius 3 is 2.33 bits per heavy atom. The zero-order valence-corrected chi connectivity index (χ0v) is 31.6. The van der Waals surface area contributed by atoms with Gasteiger partial charge in [-0.25, -0.2) is 0 Å². The monoisotopic (exact) mass is 634 g/mol. The number of likely N-dealkylation sites (tertiary alicyclic amines) is 1. The van der Waals surface area contributed by atoms with Gasteiger partial charge in [0.25, 0.3) is 0 Å². The molecule has 0 aromatic heterocycles. The van der Waals surface area contributed by atoms with Crippen molar-refractivity contribution in [3.05, 3.63) is 4.91 Å². The second-order valence-corrected chi connectivity index (χ2v) is 16.5. The third kappa shape index (κ3) is 9.31. The van der Waals surface area contributed by atoms with Crippen LogP contribution < -0.4 is 11.1 Å². The normalized spacial score (nSPS) is 33.2. The molecule has 2 aliphatic rings. The molecule has 0 radical (unpaired) electrons. The Morgan fingerprint density at radius 2 is 1.76 bits per heavy atom. The highest BCUT2D eigenvalue weighted by Gasteiger charge is 2.58. The minimum Gasteiger partial charge on any atom is -0.356 e. The molecule has 264 valence electrons. The Hall–Kier alpha value is -1.05. The summed E-state index contributed by atoms with van der Waals surface area (Å²) in [7, 11) is 4.52. The summed E-state index contributed by atoms with van der Waals surface area (Å²) >= 11 is 0. The maximum Gasteiger partial charge on any atom is 0.226 e. The van der Waals surface area contributed by atoms with E-state index < -0.39 is 5.41 Å². The molecule has 1 saturated heterocycles. The van der Waals surface area contributed by atoms with E-state index in [1.807, 2.05) is 0 Å². The molecule has 3 N–H and O–H groups in total. The highest BCUT2D eigenvalue weighted by Crippen LogP contribution is 2.58. The van der Waals surface area contributed by atoms with Crippen LogP contribution in [0.5, 0.6) is 0 Å². The average Bonchev–Trinajstić information content (AvgIpc) is 3.01. The van der Waals surface area contributed by atoms with Crippen LogP contribution in [0.1, 0.15) is 139 Å². The summed E-state index contributed by atoms with van der Waals surface area (Å²) < 4.78 is 0. The lowest BCUT2D eigenvalue weighted by Gasteiger charge is -2.63. The van der Waals surface area contributed by atoms with E-state index in [0.29, 0.717) is 35.6 Å². The summed E-state index contributed by atoms with van der Waals surface area (Å²) in [6.45, 7) is 24.7. The Bertz CT molecular complexity index is 899. The zero-order chi connectivity index (χ0) is 34.0. The van der Waals surface area contributed by atoms with Gasteiger partial charge in [0.2, 0.25) is 5.91 Å². The van der Waals surface area contributed by atoms with Crippen molar-refractivity contribution in [3.8, 4) is 0 Å². The number of hydrogen-bond acceptors (Lipinski definition) is 6. The van der Waals surface area contributed by atoms with Crippen molar-refractivity contribution in [2.45, 2.75) is 157 Å². The molecule has 1 aliphatic carbocycles. The minimum absolute atomic E-state index is 0.0303. The molecule has 0 aromatic rings. The minimum atomic E-state index is -0.407. The summed E-state index contributed by atoms with van der Waals surface area (Å²) in [5, 5.41) is 6.98. The zero-order valence-electron chi connectivity index (χ0n) is 31.6. The second kappa shape index (κ2) is 17.9. The first-order valence-corrected chi connectivity index (χ1v) is 18.9. The maximum absolute atomic E-state index is 14.4. The van der Waals surface area contributed by atoms with Crippen molar-refractivity contribution in [1.82, 2.24) is 15.1 Å². The van der Waals surface area contributed by atoms with Gasteiger partial charge in [-0.05, 0) is 133 Å². The highest BCUT2D eigenvalue weighted by molar-refractivity contribution is 5.82. The number of carbonyl (C=O) groups is 1. The van der Waals surface area contributed by atoms with Gasteiger partial charge in [0.15, 0.2) is 0 Å². The van der Waals surface area contributed by atoms with Gasteiger partial charge in [0, 0.05) is 18.1 Å². The van der Waals surface area contributed by atoms with Crippen molar-refractivity contribution in [3.63, 3.8) is 0 Å². The quantitative estimate of drug-likeness (QED) is 0.111. The first kappa shape index (κ1) is 40.1. The lowest BCUT2D eigenvalue weighted by molar-refractivity contribution is -0.148. The molecule has 1 saturated carbocycles. The number of nitrogens with one attached hydrogen (secondary N) is 1. The molecule has 6 unspecified atom stereocenters. The summed E-state index contributed by atoms with van der Waals surface area (Å²) in [6, 6.07) is 0.313. The predicted octanol–water partition coefficient (Wildman–Crippen LogP) is 8.11. The van der Waals surface area contributed by atoms with E-state index in [1.54, 1.807) is 0 Å². The van der Waals surface area contributed by atoms with Crippen LogP contribution in [0, 0.1) is 45.3 Å². The highest BCUT2D eigenvalue weighted by atomic mass is 16.3. The van der Waals surface area contributed by atoms with E-state index in [1.165, 1.54) is 6.42 Å². The Morgan fingerprint density at radius 1 is 1.09 bits per heavy atom. The Balaban J connectivity index is 2.36. The largest absolute Gasteiger partial charge is 0.356 e. The van der Waals surface area contributed by atoms with Gasteiger partial charge >= 0.3 is 0 Å². The van der Waals surface area contributed by atoms with Crippen LogP contribution in [-0.2, 0) is 4.79 Å². The molecular formula is C38H75N5O2. The van der Waals surface area contributed by atoms with Gasteiger partial charge < -0.3 is 16.0 Å². The summed E-state index contributed by atoms with van der Waals surface area (Å²) in [5.41, 5.74) is 5.49. The van der Waals surface area contributed by atoms with Gasteiger partial charge in [-0.15, -0.1) is 0 Å². The number of amides is 1. The Labute approximate surface area is 278 Å². The molecule has 1 aliphatic heterocycles. The van der Waals surface area contributed by atoms with Crippen LogP contribution in [0.2, 0.25) is 0 Å². The van der Waals surface area contributed by atoms with Crippen molar-refractivity contribution in [2.24, 2.45) is 51.3 Å². The third-order valence-electron chi connectivity index (χ3n) is 13.5. The molecule has 1 amide bonds. The van der Waals surface area contributed by atoms with Gasteiger partial charge in [0.1, 0.15) is 0 Å². The smallest absolute Gasteiger partial charge is 0.226 e. The van der Waals surface area contributed by atoms with E-state index >= 15 is 0 Å². The van der Waals surface area contributed by atoms with Crippen molar-refractivity contribution < 1.29 is 4.79 Å². The maximum atomic E-state index is 14.4. The van der Waals surface area contributed by atoms with Crippen LogP contribution in [-0.4, -0.2) is 73.6 Å². The van der Waals surface area contributed by atoms with Gasteiger partial charge in [-0.2, -0.15) is 4.91 Å². The molecule has 0 aromatic carbocycles.